The van der Waals surface area contributed by atoms with E-state index in [4.69, 9.17) is 10.2 Å². The van der Waals surface area contributed by atoms with Gasteiger partial charge >= 0.3 is 0 Å². The lowest BCUT2D eigenvalue weighted by atomic mass is 10.2. The summed E-state index contributed by atoms with van der Waals surface area (Å²) in [6.07, 6.45) is 1.46. The molecule has 170 valence electrons. The number of carbonyl (C=O) groups is 2. The highest BCUT2D eigenvalue weighted by molar-refractivity contribution is 7.89. The number of nitrogens with two attached hydrogens (primary N) is 1. The molecule has 1 saturated heterocycles. The molecular weight excluding hydrogens is 454 g/mol. The Kier molecular flexibility index (Phi) is 5.93. The maximum atomic E-state index is 12.9. The van der Waals surface area contributed by atoms with Gasteiger partial charge in [-0.1, -0.05) is 6.07 Å². The van der Waals surface area contributed by atoms with Gasteiger partial charge in [-0.15, -0.1) is 11.3 Å². The first-order valence-electron chi connectivity index (χ1n) is 9.91. The number of nitrogens with zero attached hydrogens (tertiary/aromatic N) is 4. The number of rotatable bonds is 6. The van der Waals surface area contributed by atoms with Crippen LogP contribution in [0.5, 0.6) is 0 Å². The van der Waals surface area contributed by atoms with E-state index >= 15 is 0 Å². The maximum Gasteiger partial charge on any atom is 0.265 e. The molecule has 0 saturated carbocycles. The molecule has 0 aromatic carbocycles. The second kappa shape index (κ2) is 8.52. The van der Waals surface area contributed by atoms with Crippen molar-refractivity contribution in [3.8, 4) is 10.8 Å². The molecule has 4 heterocycles. The Hall–Kier alpha value is -2.96. The van der Waals surface area contributed by atoms with Crippen LogP contribution in [0.25, 0.3) is 10.8 Å². The molecule has 2 amide bonds. The number of aromatic nitrogens is 2. The van der Waals surface area contributed by atoms with Crippen molar-refractivity contribution in [3.63, 3.8) is 0 Å². The zero-order valence-electron chi connectivity index (χ0n) is 17.6. The summed E-state index contributed by atoms with van der Waals surface area (Å²) in [5.41, 5.74) is 5.97. The van der Waals surface area contributed by atoms with Gasteiger partial charge in [-0.2, -0.15) is 4.31 Å². The van der Waals surface area contributed by atoms with E-state index in [1.807, 2.05) is 17.5 Å². The van der Waals surface area contributed by atoms with Crippen molar-refractivity contribution in [1.29, 1.82) is 0 Å². The van der Waals surface area contributed by atoms with E-state index in [1.165, 1.54) is 32.5 Å². The molecule has 4 rings (SSSR count). The van der Waals surface area contributed by atoms with Crippen LogP contribution in [0, 0.1) is 6.92 Å². The zero-order chi connectivity index (χ0) is 23.0. The summed E-state index contributed by atoms with van der Waals surface area (Å²) >= 11 is 1.51. The fourth-order valence-electron chi connectivity index (χ4n) is 3.60. The van der Waals surface area contributed by atoms with Gasteiger partial charge in [0.05, 0.1) is 17.0 Å². The van der Waals surface area contributed by atoms with E-state index in [1.54, 1.807) is 18.9 Å². The van der Waals surface area contributed by atoms with Gasteiger partial charge in [0.2, 0.25) is 21.8 Å². The molecule has 10 nitrogen and oxygen atoms in total. The van der Waals surface area contributed by atoms with Crippen LogP contribution in [0.2, 0.25) is 0 Å². The van der Waals surface area contributed by atoms with Gasteiger partial charge < -0.3 is 19.6 Å². The van der Waals surface area contributed by atoms with E-state index in [0.717, 1.165) is 4.88 Å². The van der Waals surface area contributed by atoms with Gasteiger partial charge in [0.25, 0.3) is 5.91 Å². The van der Waals surface area contributed by atoms with Crippen LogP contribution in [0.1, 0.15) is 21.9 Å². The predicted molar refractivity (Wildman–Crippen MR) is 118 cm³/mol. The molecular formula is C20H23N5O5S2. The number of amides is 2. The fourth-order valence-corrected chi connectivity index (χ4v) is 5.74. The normalized spacial score (nSPS) is 15.2. The average Bonchev–Trinajstić information content (AvgIpc) is 3.49. The summed E-state index contributed by atoms with van der Waals surface area (Å²) in [4.78, 5) is 31.2. The first-order chi connectivity index (χ1) is 15.2. The molecule has 32 heavy (non-hydrogen) atoms. The summed E-state index contributed by atoms with van der Waals surface area (Å²) in [7, 11) is -2.23. The van der Waals surface area contributed by atoms with E-state index in [2.05, 4.69) is 4.98 Å². The predicted octanol–water partition coefficient (Wildman–Crippen LogP) is 1.22. The summed E-state index contributed by atoms with van der Waals surface area (Å²) in [5.74, 6) is 0.258. The van der Waals surface area contributed by atoms with Crippen molar-refractivity contribution in [3.05, 3.63) is 46.9 Å². The van der Waals surface area contributed by atoms with Gasteiger partial charge in [0.15, 0.2) is 0 Å². The SMILES string of the molecule is Cc1oc(-c2cccs2)nc1CC(=O)N1CCN(S(=O)(=O)c2cc(C(N)=O)n(C)c2)CC1. The first kappa shape index (κ1) is 22.2. The Morgan fingerprint density at radius 2 is 1.97 bits per heavy atom. The average molecular weight is 478 g/mol. The second-order valence-corrected chi connectivity index (χ2v) is 10.4. The lowest BCUT2D eigenvalue weighted by Crippen LogP contribution is -2.50. The lowest BCUT2D eigenvalue weighted by Gasteiger charge is -2.33. The van der Waals surface area contributed by atoms with E-state index in [9.17, 15) is 18.0 Å². The molecule has 2 N–H and O–H groups in total. The molecule has 3 aromatic heterocycles. The summed E-state index contributed by atoms with van der Waals surface area (Å²) in [5, 5.41) is 1.93. The van der Waals surface area contributed by atoms with Crippen LogP contribution < -0.4 is 5.73 Å². The number of piperazine rings is 1. The highest BCUT2D eigenvalue weighted by Gasteiger charge is 2.32. The first-order valence-corrected chi connectivity index (χ1v) is 12.2. The van der Waals surface area contributed by atoms with Gasteiger partial charge in [-0.25, -0.2) is 13.4 Å². The summed E-state index contributed by atoms with van der Waals surface area (Å²) in [6, 6.07) is 5.08. The van der Waals surface area contributed by atoms with Crippen molar-refractivity contribution in [2.75, 3.05) is 26.2 Å². The minimum Gasteiger partial charge on any atom is -0.440 e. The van der Waals surface area contributed by atoms with Crippen molar-refractivity contribution < 1.29 is 22.4 Å². The number of oxazole rings is 1. The van der Waals surface area contributed by atoms with Crippen molar-refractivity contribution in [2.24, 2.45) is 12.8 Å². The number of carbonyl (C=O) groups excluding carboxylic acids is 2. The Bertz CT molecular complexity index is 1250. The standard InChI is InChI=1S/C20H23N5O5S2/c1-13-15(22-20(30-13)17-4-3-9-31-17)11-18(26)24-5-7-25(8-6-24)32(28,29)14-10-16(19(21)27)23(2)12-14/h3-4,9-10,12H,5-8,11H2,1-2H3,(H2,21,27). The molecule has 1 aliphatic heterocycles. The molecule has 1 aliphatic rings. The van der Waals surface area contributed by atoms with Crippen LogP contribution in [-0.4, -0.2) is 65.2 Å². The van der Waals surface area contributed by atoms with Gasteiger partial charge in [0, 0.05) is 39.4 Å². The van der Waals surface area contributed by atoms with E-state index < -0.39 is 15.9 Å². The van der Waals surface area contributed by atoms with Crippen LogP contribution in [0.3, 0.4) is 0 Å². The van der Waals surface area contributed by atoms with Crippen LogP contribution in [-0.2, 0) is 28.3 Å². The van der Waals surface area contributed by atoms with Crippen LogP contribution in [0.15, 0.2) is 39.1 Å². The van der Waals surface area contributed by atoms with E-state index in [-0.39, 0.29) is 49.1 Å². The zero-order valence-corrected chi connectivity index (χ0v) is 19.3. The highest BCUT2D eigenvalue weighted by atomic mass is 32.2. The summed E-state index contributed by atoms with van der Waals surface area (Å²) < 4.78 is 34.3. The monoisotopic (exact) mass is 477 g/mol. The maximum absolute atomic E-state index is 12.9. The Balaban J connectivity index is 1.40. The summed E-state index contributed by atoms with van der Waals surface area (Å²) in [6.45, 7) is 2.63. The largest absolute Gasteiger partial charge is 0.440 e. The van der Waals surface area contributed by atoms with Crippen LogP contribution in [0.4, 0.5) is 0 Å². The molecule has 0 spiro atoms. The highest BCUT2D eigenvalue weighted by Crippen LogP contribution is 2.26. The number of hydrogen-bond donors (Lipinski definition) is 1. The topological polar surface area (TPSA) is 132 Å². The minimum absolute atomic E-state index is 0.00732. The Labute approximate surface area is 189 Å². The van der Waals surface area contributed by atoms with Crippen LogP contribution >= 0.6 is 11.3 Å². The number of aryl methyl sites for hydroxylation is 2. The number of primary amides is 1. The third kappa shape index (κ3) is 4.20. The molecule has 0 aliphatic carbocycles. The third-order valence-electron chi connectivity index (χ3n) is 5.40. The third-order valence-corrected chi connectivity index (χ3v) is 8.13. The van der Waals surface area contributed by atoms with Gasteiger partial charge in [-0.3, -0.25) is 9.59 Å². The Morgan fingerprint density at radius 1 is 1.25 bits per heavy atom. The molecule has 0 unspecified atom stereocenters. The number of sulfonamides is 1. The molecule has 0 atom stereocenters. The molecule has 3 aromatic rings. The van der Waals surface area contributed by atoms with Crippen molar-refractivity contribution >= 4 is 33.2 Å². The number of thiophene rings is 1. The van der Waals surface area contributed by atoms with Crippen molar-refractivity contribution in [2.45, 2.75) is 18.2 Å². The Morgan fingerprint density at radius 3 is 2.56 bits per heavy atom. The fraction of sp³-hybridized carbons (Fsp3) is 0.350. The molecule has 1 fully saturated rings. The van der Waals surface area contributed by atoms with Gasteiger partial charge in [-0.05, 0) is 24.4 Å². The second-order valence-electron chi connectivity index (χ2n) is 7.50. The van der Waals surface area contributed by atoms with Crippen molar-refractivity contribution in [1.82, 2.24) is 18.8 Å². The quantitative estimate of drug-likeness (QED) is 0.568. The van der Waals surface area contributed by atoms with E-state index in [0.29, 0.717) is 17.3 Å². The molecule has 0 radical (unpaired) electrons. The molecule has 12 heteroatoms. The number of hydrogen-bond acceptors (Lipinski definition) is 7. The minimum atomic E-state index is -3.79. The smallest absolute Gasteiger partial charge is 0.265 e. The van der Waals surface area contributed by atoms with Gasteiger partial charge in [0.1, 0.15) is 16.3 Å². The molecule has 0 bridgehead atoms. The lowest BCUT2D eigenvalue weighted by molar-refractivity contribution is -0.131.